The average molecular weight is 308 g/mol. The second kappa shape index (κ2) is 9.83. The van der Waals surface area contributed by atoms with Crippen molar-refractivity contribution < 1.29 is 14.3 Å². The SMILES string of the molecule is CCOC(=O)CN1CCN(C(=O)N(CC)CC)CC1.Cl. The number of amides is 2. The van der Waals surface area contributed by atoms with E-state index in [2.05, 4.69) is 0 Å². The molecule has 0 aromatic carbocycles. The lowest BCUT2D eigenvalue weighted by molar-refractivity contribution is -0.144. The number of piperazine rings is 1. The van der Waals surface area contributed by atoms with Crippen LogP contribution in [0.25, 0.3) is 0 Å². The summed E-state index contributed by atoms with van der Waals surface area (Å²) in [5.41, 5.74) is 0. The zero-order valence-corrected chi connectivity index (χ0v) is 13.4. The molecular formula is C13H26ClN3O3. The lowest BCUT2D eigenvalue weighted by Crippen LogP contribution is -2.53. The fourth-order valence-corrected chi connectivity index (χ4v) is 2.18. The van der Waals surface area contributed by atoms with Crippen molar-refractivity contribution in [2.75, 3.05) is 52.4 Å². The highest BCUT2D eigenvalue weighted by molar-refractivity contribution is 5.85. The molecule has 0 radical (unpaired) electrons. The number of ether oxygens (including phenoxy) is 1. The van der Waals surface area contributed by atoms with Crippen LogP contribution in [-0.2, 0) is 9.53 Å². The quantitative estimate of drug-likeness (QED) is 0.713. The van der Waals surface area contributed by atoms with Gasteiger partial charge in [-0.15, -0.1) is 12.4 Å². The lowest BCUT2D eigenvalue weighted by Gasteiger charge is -2.36. The largest absolute Gasteiger partial charge is 0.465 e. The standard InChI is InChI=1S/C13H25N3O3.ClH/c1-4-15(5-2)13(18)16-9-7-14(8-10-16)11-12(17)19-6-3;/h4-11H2,1-3H3;1H. The van der Waals surface area contributed by atoms with Crippen LogP contribution >= 0.6 is 12.4 Å². The van der Waals surface area contributed by atoms with Crippen molar-refractivity contribution in [3.05, 3.63) is 0 Å². The molecule has 1 aliphatic rings. The average Bonchev–Trinajstić information content (AvgIpc) is 2.41. The Bertz CT molecular complexity index is 303. The summed E-state index contributed by atoms with van der Waals surface area (Å²) in [5.74, 6) is -0.189. The van der Waals surface area contributed by atoms with Crippen molar-refractivity contribution in [2.24, 2.45) is 0 Å². The van der Waals surface area contributed by atoms with Gasteiger partial charge >= 0.3 is 12.0 Å². The smallest absolute Gasteiger partial charge is 0.320 e. The molecule has 20 heavy (non-hydrogen) atoms. The number of nitrogens with zero attached hydrogens (tertiary/aromatic N) is 3. The first-order valence-electron chi connectivity index (χ1n) is 7.04. The first-order valence-corrected chi connectivity index (χ1v) is 7.04. The number of carbonyl (C=O) groups is 2. The molecular weight excluding hydrogens is 282 g/mol. The van der Waals surface area contributed by atoms with Gasteiger partial charge in [0, 0.05) is 39.3 Å². The molecule has 7 heteroatoms. The molecule has 0 aliphatic carbocycles. The zero-order valence-electron chi connectivity index (χ0n) is 12.6. The van der Waals surface area contributed by atoms with Gasteiger partial charge < -0.3 is 14.5 Å². The maximum atomic E-state index is 12.1. The molecule has 1 heterocycles. The number of urea groups is 1. The number of hydrogen-bond donors (Lipinski definition) is 0. The van der Waals surface area contributed by atoms with Gasteiger partial charge in [-0.3, -0.25) is 9.69 Å². The van der Waals surface area contributed by atoms with Crippen molar-refractivity contribution in [1.29, 1.82) is 0 Å². The van der Waals surface area contributed by atoms with Crippen LogP contribution in [0.3, 0.4) is 0 Å². The van der Waals surface area contributed by atoms with Crippen LogP contribution in [-0.4, -0.2) is 79.1 Å². The first-order chi connectivity index (χ1) is 9.12. The summed E-state index contributed by atoms with van der Waals surface area (Å²) in [5, 5.41) is 0. The van der Waals surface area contributed by atoms with Gasteiger partial charge in [-0.05, 0) is 20.8 Å². The molecule has 0 aromatic heterocycles. The first kappa shape index (κ1) is 19.0. The molecule has 0 unspecified atom stereocenters. The molecule has 0 bridgehead atoms. The molecule has 0 spiro atoms. The Morgan fingerprint density at radius 2 is 1.60 bits per heavy atom. The summed E-state index contributed by atoms with van der Waals surface area (Å²) < 4.78 is 4.92. The minimum atomic E-state index is -0.189. The number of rotatable bonds is 5. The molecule has 2 amide bonds. The third-order valence-electron chi connectivity index (χ3n) is 3.33. The summed E-state index contributed by atoms with van der Waals surface area (Å²) >= 11 is 0. The van der Waals surface area contributed by atoms with Gasteiger partial charge in [0.25, 0.3) is 0 Å². The molecule has 0 saturated carbocycles. The Labute approximate surface area is 127 Å². The Hall–Kier alpha value is -1.01. The van der Waals surface area contributed by atoms with E-state index in [9.17, 15) is 9.59 Å². The summed E-state index contributed by atoms with van der Waals surface area (Å²) in [6.07, 6.45) is 0. The van der Waals surface area contributed by atoms with Gasteiger partial charge in [0.05, 0.1) is 13.2 Å². The topological polar surface area (TPSA) is 53.1 Å². The van der Waals surface area contributed by atoms with E-state index in [1.807, 2.05) is 28.5 Å². The van der Waals surface area contributed by atoms with Crippen LogP contribution in [0.4, 0.5) is 4.79 Å². The van der Waals surface area contributed by atoms with Crippen molar-refractivity contribution >= 4 is 24.4 Å². The highest BCUT2D eigenvalue weighted by Gasteiger charge is 2.24. The van der Waals surface area contributed by atoms with Crippen molar-refractivity contribution in [1.82, 2.24) is 14.7 Å². The van der Waals surface area contributed by atoms with E-state index in [-0.39, 0.29) is 24.4 Å². The zero-order chi connectivity index (χ0) is 14.3. The van der Waals surface area contributed by atoms with Gasteiger partial charge in [0.15, 0.2) is 0 Å². The highest BCUT2D eigenvalue weighted by atomic mass is 35.5. The van der Waals surface area contributed by atoms with Gasteiger partial charge in [-0.25, -0.2) is 4.79 Å². The van der Waals surface area contributed by atoms with Gasteiger partial charge in [0.2, 0.25) is 0 Å². The van der Waals surface area contributed by atoms with E-state index < -0.39 is 0 Å². The minimum Gasteiger partial charge on any atom is -0.465 e. The third-order valence-corrected chi connectivity index (χ3v) is 3.33. The Balaban J connectivity index is 0.00000361. The Morgan fingerprint density at radius 1 is 1.05 bits per heavy atom. The van der Waals surface area contributed by atoms with Crippen LogP contribution in [0, 0.1) is 0 Å². The van der Waals surface area contributed by atoms with Crippen LogP contribution in [0.15, 0.2) is 0 Å². The predicted molar refractivity (Wildman–Crippen MR) is 80.2 cm³/mol. The molecule has 0 N–H and O–H groups in total. The summed E-state index contributed by atoms with van der Waals surface area (Å²) in [4.78, 5) is 29.2. The second-order valence-electron chi connectivity index (χ2n) is 4.52. The van der Waals surface area contributed by atoms with E-state index in [0.717, 1.165) is 26.2 Å². The van der Waals surface area contributed by atoms with Crippen molar-refractivity contribution in [3.63, 3.8) is 0 Å². The Kier molecular flexibility index (Phi) is 9.33. The van der Waals surface area contributed by atoms with Crippen LogP contribution in [0.2, 0.25) is 0 Å². The molecule has 1 aliphatic heterocycles. The Morgan fingerprint density at radius 3 is 2.05 bits per heavy atom. The summed E-state index contributed by atoms with van der Waals surface area (Å²) in [7, 11) is 0. The fourth-order valence-electron chi connectivity index (χ4n) is 2.18. The normalized spacial score (nSPS) is 15.4. The molecule has 6 nitrogen and oxygen atoms in total. The number of esters is 1. The number of carbonyl (C=O) groups excluding carboxylic acids is 2. The van der Waals surface area contributed by atoms with E-state index in [4.69, 9.17) is 4.74 Å². The van der Waals surface area contributed by atoms with E-state index >= 15 is 0 Å². The van der Waals surface area contributed by atoms with Crippen LogP contribution in [0.1, 0.15) is 20.8 Å². The van der Waals surface area contributed by atoms with E-state index in [1.165, 1.54) is 0 Å². The summed E-state index contributed by atoms with van der Waals surface area (Å²) in [6, 6.07) is 0.0979. The van der Waals surface area contributed by atoms with Gasteiger partial charge in [0.1, 0.15) is 0 Å². The molecule has 0 aromatic rings. The molecule has 1 fully saturated rings. The molecule has 1 rings (SSSR count). The van der Waals surface area contributed by atoms with Crippen LogP contribution in [0.5, 0.6) is 0 Å². The third kappa shape index (κ3) is 5.54. The van der Waals surface area contributed by atoms with Crippen LogP contribution < -0.4 is 0 Å². The van der Waals surface area contributed by atoms with Crippen molar-refractivity contribution in [2.45, 2.75) is 20.8 Å². The van der Waals surface area contributed by atoms with E-state index in [1.54, 1.807) is 6.92 Å². The van der Waals surface area contributed by atoms with Crippen molar-refractivity contribution in [3.8, 4) is 0 Å². The molecule has 1 saturated heterocycles. The number of hydrogen-bond acceptors (Lipinski definition) is 4. The molecule has 0 atom stereocenters. The maximum Gasteiger partial charge on any atom is 0.320 e. The minimum absolute atomic E-state index is 0. The van der Waals surface area contributed by atoms with Gasteiger partial charge in [-0.1, -0.05) is 0 Å². The molecule has 118 valence electrons. The number of halogens is 1. The fraction of sp³-hybridized carbons (Fsp3) is 0.846. The highest BCUT2D eigenvalue weighted by Crippen LogP contribution is 2.06. The van der Waals surface area contributed by atoms with E-state index in [0.29, 0.717) is 26.2 Å². The second-order valence-corrected chi connectivity index (χ2v) is 4.52. The maximum absolute atomic E-state index is 12.1. The summed E-state index contributed by atoms with van der Waals surface area (Å²) in [6.45, 7) is 10.8. The lowest BCUT2D eigenvalue weighted by atomic mass is 10.3. The monoisotopic (exact) mass is 307 g/mol. The predicted octanol–water partition coefficient (Wildman–Crippen LogP) is 1.05. The van der Waals surface area contributed by atoms with Gasteiger partial charge in [-0.2, -0.15) is 0 Å².